The van der Waals surface area contributed by atoms with Crippen LogP contribution in [0.15, 0.2) is 23.1 Å². The molecule has 1 atom stereocenters. The fraction of sp³-hybridized carbons (Fsp3) is 0.462. The summed E-state index contributed by atoms with van der Waals surface area (Å²) in [6.07, 6.45) is 2.05. The Balaban J connectivity index is 2.16. The van der Waals surface area contributed by atoms with E-state index in [4.69, 9.17) is 5.26 Å². The van der Waals surface area contributed by atoms with Crippen LogP contribution < -0.4 is 4.72 Å². The van der Waals surface area contributed by atoms with E-state index in [1.54, 1.807) is 17.8 Å². The van der Waals surface area contributed by atoms with Gasteiger partial charge in [0.2, 0.25) is 10.0 Å². The summed E-state index contributed by atoms with van der Waals surface area (Å²) in [6.45, 7) is 2.36. The van der Waals surface area contributed by atoms with Crippen molar-refractivity contribution in [3.8, 4) is 6.07 Å². The van der Waals surface area contributed by atoms with E-state index < -0.39 is 15.8 Å². The first-order valence-corrected chi connectivity index (χ1v) is 8.66. The standard InChI is InChI=1S/C13H15FN2O2S2/c1-13(5-2-6-19-13)9-16-20(17,18)11-3-4-12(14)10(7-11)8-15/h3-4,7,16H,2,5-6,9H2,1H3. The molecule has 1 heterocycles. The van der Waals surface area contributed by atoms with Gasteiger partial charge >= 0.3 is 0 Å². The second-order valence-corrected chi connectivity index (χ2v) is 8.43. The first-order chi connectivity index (χ1) is 9.36. The first kappa shape index (κ1) is 15.3. The number of thioether (sulfide) groups is 1. The molecule has 1 fully saturated rings. The van der Waals surface area contributed by atoms with Crippen LogP contribution in [0.25, 0.3) is 0 Å². The van der Waals surface area contributed by atoms with E-state index in [2.05, 4.69) is 4.72 Å². The Kier molecular flexibility index (Phi) is 4.37. The topological polar surface area (TPSA) is 70.0 Å². The number of nitriles is 1. The predicted molar refractivity (Wildman–Crippen MR) is 76.4 cm³/mol. The lowest BCUT2D eigenvalue weighted by Crippen LogP contribution is -2.36. The van der Waals surface area contributed by atoms with Gasteiger partial charge in [-0.05, 0) is 43.7 Å². The maximum absolute atomic E-state index is 13.2. The molecule has 0 aliphatic carbocycles. The van der Waals surface area contributed by atoms with E-state index >= 15 is 0 Å². The number of hydrogen-bond donors (Lipinski definition) is 1. The molecule has 1 saturated heterocycles. The summed E-state index contributed by atoms with van der Waals surface area (Å²) in [5, 5.41) is 8.74. The van der Waals surface area contributed by atoms with Gasteiger partial charge in [-0.3, -0.25) is 0 Å². The summed E-state index contributed by atoms with van der Waals surface area (Å²) in [5.41, 5.74) is -0.269. The number of nitrogens with zero attached hydrogens (tertiary/aromatic N) is 1. The summed E-state index contributed by atoms with van der Waals surface area (Å²) >= 11 is 1.75. The molecule has 0 amide bonds. The quantitative estimate of drug-likeness (QED) is 0.925. The third-order valence-corrected chi connectivity index (χ3v) is 6.24. The molecule has 0 saturated carbocycles. The number of hydrogen-bond acceptors (Lipinski definition) is 4. The van der Waals surface area contributed by atoms with E-state index in [1.807, 2.05) is 6.92 Å². The van der Waals surface area contributed by atoms with Gasteiger partial charge < -0.3 is 0 Å². The molecule has 1 aliphatic rings. The Morgan fingerprint density at radius 2 is 2.30 bits per heavy atom. The Bertz CT molecular complexity index is 647. The fourth-order valence-electron chi connectivity index (χ4n) is 2.06. The van der Waals surface area contributed by atoms with Crippen molar-refractivity contribution in [2.45, 2.75) is 29.4 Å². The number of benzene rings is 1. The van der Waals surface area contributed by atoms with E-state index in [1.165, 1.54) is 6.07 Å². The first-order valence-electron chi connectivity index (χ1n) is 6.20. The predicted octanol–water partition coefficient (Wildman–Crippen LogP) is 2.26. The highest BCUT2D eigenvalue weighted by atomic mass is 32.2. The molecule has 1 aromatic rings. The average molecular weight is 314 g/mol. The summed E-state index contributed by atoms with van der Waals surface area (Å²) < 4.78 is 40.0. The van der Waals surface area contributed by atoms with Crippen LogP contribution in [0.1, 0.15) is 25.3 Å². The number of halogens is 1. The van der Waals surface area contributed by atoms with E-state index in [0.29, 0.717) is 6.54 Å². The van der Waals surface area contributed by atoms with E-state index in [0.717, 1.165) is 30.7 Å². The molecule has 1 N–H and O–H groups in total. The van der Waals surface area contributed by atoms with Gasteiger partial charge in [0.25, 0.3) is 0 Å². The van der Waals surface area contributed by atoms with Gasteiger partial charge in [-0.25, -0.2) is 17.5 Å². The zero-order valence-corrected chi connectivity index (χ0v) is 12.7. The summed E-state index contributed by atoms with van der Waals surface area (Å²) in [6, 6.07) is 4.87. The molecule has 0 bridgehead atoms. The molecule has 1 aromatic carbocycles. The molecular formula is C13H15FN2O2S2. The van der Waals surface area contributed by atoms with E-state index in [-0.39, 0.29) is 15.2 Å². The van der Waals surface area contributed by atoms with Crippen LogP contribution in [-0.4, -0.2) is 25.5 Å². The zero-order chi connectivity index (χ0) is 14.8. The highest BCUT2D eigenvalue weighted by molar-refractivity contribution is 8.01. The molecule has 1 aliphatic heterocycles. The van der Waals surface area contributed by atoms with Crippen molar-refractivity contribution < 1.29 is 12.8 Å². The Morgan fingerprint density at radius 1 is 1.55 bits per heavy atom. The minimum absolute atomic E-state index is 0.0814. The summed E-state index contributed by atoms with van der Waals surface area (Å²) in [7, 11) is -3.72. The minimum Gasteiger partial charge on any atom is -0.210 e. The molecule has 7 heteroatoms. The molecular weight excluding hydrogens is 299 g/mol. The van der Waals surface area contributed by atoms with E-state index in [9.17, 15) is 12.8 Å². The van der Waals surface area contributed by atoms with Crippen molar-refractivity contribution in [1.82, 2.24) is 4.72 Å². The molecule has 1 unspecified atom stereocenters. The van der Waals surface area contributed by atoms with Crippen LogP contribution in [0.3, 0.4) is 0 Å². The van der Waals surface area contributed by atoms with Crippen LogP contribution in [0, 0.1) is 17.1 Å². The maximum Gasteiger partial charge on any atom is 0.240 e. The Labute approximate surface area is 122 Å². The lowest BCUT2D eigenvalue weighted by molar-refractivity contribution is 0.552. The van der Waals surface area contributed by atoms with Gasteiger partial charge in [-0.2, -0.15) is 17.0 Å². The second kappa shape index (κ2) is 5.72. The van der Waals surface area contributed by atoms with Gasteiger partial charge in [0.15, 0.2) is 0 Å². The van der Waals surface area contributed by atoms with Crippen LogP contribution in [0.4, 0.5) is 4.39 Å². The maximum atomic E-state index is 13.2. The Hall–Kier alpha value is -1.10. The lowest BCUT2D eigenvalue weighted by atomic mass is 10.1. The van der Waals surface area contributed by atoms with Crippen LogP contribution in [0.5, 0.6) is 0 Å². The van der Waals surface area contributed by atoms with Crippen LogP contribution >= 0.6 is 11.8 Å². The Morgan fingerprint density at radius 3 is 2.90 bits per heavy atom. The normalized spacial score (nSPS) is 22.6. The largest absolute Gasteiger partial charge is 0.240 e. The zero-order valence-electron chi connectivity index (χ0n) is 11.0. The molecule has 0 aromatic heterocycles. The highest BCUT2D eigenvalue weighted by Crippen LogP contribution is 2.37. The molecule has 2 rings (SSSR count). The lowest BCUT2D eigenvalue weighted by Gasteiger charge is -2.22. The van der Waals surface area contributed by atoms with Crippen molar-refractivity contribution in [1.29, 1.82) is 5.26 Å². The fourth-order valence-corrected chi connectivity index (χ4v) is 4.60. The molecule has 0 radical (unpaired) electrons. The van der Waals surface area contributed by atoms with Crippen molar-refractivity contribution in [2.75, 3.05) is 12.3 Å². The number of sulfonamides is 1. The van der Waals surface area contributed by atoms with Crippen molar-refractivity contribution >= 4 is 21.8 Å². The molecule has 0 spiro atoms. The average Bonchev–Trinajstić information content (AvgIpc) is 2.85. The number of nitrogens with one attached hydrogen (secondary N) is 1. The van der Waals surface area contributed by atoms with Crippen LogP contribution in [0.2, 0.25) is 0 Å². The van der Waals surface area contributed by atoms with Crippen molar-refractivity contribution in [2.24, 2.45) is 0 Å². The summed E-state index contributed by atoms with van der Waals surface area (Å²) in [5.74, 6) is 0.317. The molecule has 108 valence electrons. The second-order valence-electron chi connectivity index (χ2n) is 4.98. The highest BCUT2D eigenvalue weighted by Gasteiger charge is 2.31. The SMILES string of the molecule is CC1(CNS(=O)(=O)c2ccc(F)c(C#N)c2)CCCS1. The van der Waals surface area contributed by atoms with Crippen molar-refractivity contribution in [3.63, 3.8) is 0 Å². The molecule has 20 heavy (non-hydrogen) atoms. The van der Waals surface area contributed by atoms with Crippen LogP contribution in [-0.2, 0) is 10.0 Å². The van der Waals surface area contributed by atoms with Gasteiger partial charge in [0.1, 0.15) is 11.9 Å². The van der Waals surface area contributed by atoms with Gasteiger partial charge in [0.05, 0.1) is 10.5 Å². The third kappa shape index (κ3) is 3.32. The smallest absolute Gasteiger partial charge is 0.210 e. The van der Waals surface area contributed by atoms with Crippen molar-refractivity contribution in [3.05, 3.63) is 29.6 Å². The van der Waals surface area contributed by atoms with Gasteiger partial charge in [-0.1, -0.05) is 0 Å². The summed E-state index contributed by atoms with van der Waals surface area (Å²) in [4.78, 5) is -0.0814. The van der Waals surface area contributed by atoms with Gasteiger partial charge in [0, 0.05) is 11.3 Å². The monoisotopic (exact) mass is 314 g/mol. The third-order valence-electron chi connectivity index (χ3n) is 3.31. The van der Waals surface area contributed by atoms with Gasteiger partial charge in [-0.15, -0.1) is 0 Å². The molecule has 4 nitrogen and oxygen atoms in total. The minimum atomic E-state index is -3.72. The number of rotatable bonds is 4.